The molecule has 0 amide bonds. The molecule has 4 rings (SSSR count). The van der Waals surface area contributed by atoms with Crippen LogP contribution >= 0.6 is 23.5 Å². The van der Waals surface area contributed by atoms with Gasteiger partial charge in [-0.25, -0.2) is 9.97 Å². The Balaban J connectivity index is 1.36. The molecule has 0 bridgehead atoms. The van der Waals surface area contributed by atoms with Gasteiger partial charge >= 0.3 is 5.97 Å². The molecule has 2 aromatic rings. The Bertz CT molecular complexity index is 736. The maximum Gasteiger partial charge on any atom is 0.316 e. The van der Waals surface area contributed by atoms with E-state index < -0.39 is 0 Å². The normalized spacial score (nSPS) is 20.9. The van der Waals surface area contributed by atoms with Gasteiger partial charge in [0.05, 0.1) is 10.5 Å². The van der Waals surface area contributed by atoms with Crippen molar-refractivity contribution in [3.05, 3.63) is 48.3 Å². The summed E-state index contributed by atoms with van der Waals surface area (Å²) in [5.74, 6) is 3.40. The van der Waals surface area contributed by atoms with Crippen LogP contribution in [-0.4, -0.2) is 40.5 Å². The van der Waals surface area contributed by atoms with Crippen LogP contribution in [0.2, 0.25) is 0 Å². The summed E-state index contributed by atoms with van der Waals surface area (Å²) in [5, 5.41) is 0. The van der Waals surface area contributed by atoms with E-state index in [1.807, 2.05) is 35.7 Å². The number of carbonyl (C=O) groups is 1. The minimum atomic E-state index is -0.164. The van der Waals surface area contributed by atoms with E-state index in [1.54, 1.807) is 18.5 Å². The second kappa shape index (κ2) is 8.31. The number of piperidine rings is 1. The number of rotatable bonds is 4. The summed E-state index contributed by atoms with van der Waals surface area (Å²) < 4.78 is 6.15. The van der Waals surface area contributed by atoms with Gasteiger partial charge in [0.2, 0.25) is 5.95 Å². The molecule has 7 heteroatoms. The van der Waals surface area contributed by atoms with Gasteiger partial charge in [-0.2, -0.15) is 0 Å². The second-order valence-electron chi connectivity index (χ2n) is 6.40. The summed E-state index contributed by atoms with van der Waals surface area (Å²) in [4.78, 5) is 23.2. The number of esters is 1. The van der Waals surface area contributed by atoms with Crippen molar-refractivity contribution < 1.29 is 9.53 Å². The molecule has 2 aliphatic heterocycles. The molecule has 2 saturated heterocycles. The summed E-state index contributed by atoms with van der Waals surface area (Å²) >= 11 is 3.95. The number of thioether (sulfide) groups is 2. The number of carbonyl (C=O) groups excluding carboxylic acids is 1. The number of benzene rings is 1. The quantitative estimate of drug-likeness (QED) is 0.584. The highest BCUT2D eigenvalue weighted by molar-refractivity contribution is 8.19. The monoisotopic (exact) mass is 387 g/mol. The largest absolute Gasteiger partial charge is 0.426 e. The van der Waals surface area contributed by atoms with Gasteiger partial charge < -0.3 is 9.64 Å². The summed E-state index contributed by atoms with van der Waals surface area (Å²) in [7, 11) is 0. The van der Waals surface area contributed by atoms with Gasteiger partial charge in [0.1, 0.15) is 5.75 Å². The van der Waals surface area contributed by atoms with Crippen molar-refractivity contribution >= 4 is 35.4 Å². The maximum atomic E-state index is 12.6. The Kier molecular flexibility index (Phi) is 5.65. The molecule has 136 valence electrons. The van der Waals surface area contributed by atoms with E-state index in [0.29, 0.717) is 22.8 Å². The third-order valence-corrected chi connectivity index (χ3v) is 7.69. The van der Waals surface area contributed by atoms with E-state index in [1.165, 1.54) is 17.1 Å². The van der Waals surface area contributed by atoms with Gasteiger partial charge in [-0.05, 0) is 36.6 Å². The van der Waals surface area contributed by atoms with Crippen LogP contribution in [0.4, 0.5) is 5.95 Å². The molecular weight excluding hydrogens is 366 g/mol. The summed E-state index contributed by atoms with van der Waals surface area (Å²) in [6.45, 7) is 1.48. The molecule has 2 fully saturated rings. The zero-order valence-corrected chi connectivity index (χ0v) is 16.0. The van der Waals surface area contributed by atoms with Crippen LogP contribution in [0.5, 0.6) is 5.75 Å². The number of ether oxygens (including phenoxy) is 1. The Morgan fingerprint density at radius 2 is 1.85 bits per heavy atom. The highest BCUT2D eigenvalue weighted by atomic mass is 32.2. The average Bonchev–Trinajstić information content (AvgIpc) is 3.24. The van der Waals surface area contributed by atoms with Gasteiger partial charge in [0.15, 0.2) is 0 Å². The van der Waals surface area contributed by atoms with E-state index in [9.17, 15) is 4.79 Å². The molecule has 1 aromatic carbocycles. The van der Waals surface area contributed by atoms with Crippen molar-refractivity contribution in [2.24, 2.45) is 5.92 Å². The molecular formula is C19H21N3O2S2. The first-order valence-corrected chi connectivity index (χ1v) is 11.0. The predicted octanol–water partition coefficient (Wildman–Crippen LogP) is 3.78. The lowest BCUT2D eigenvalue weighted by Crippen LogP contribution is -2.41. The lowest BCUT2D eigenvalue weighted by Gasteiger charge is -2.31. The fourth-order valence-electron chi connectivity index (χ4n) is 3.25. The standard InChI is InChI=1S/C19H21N3O2S2/c23-17(15-3-1-10-22(13-15)19-20-8-2-9-21-19)24-16-6-4-14(5-7-16)18-25-11-12-26-18/h2,4-9,15,18H,1,3,10-13H2/t15-/m0/s1. The molecule has 0 unspecified atom stereocenters. The van der Waals surface area contributed by atoms with E-state index in [2.05, 4.69) is 27.0 Å². The van der Waals surface area contributed by atoms with Crippen LogP contribution in [0.15, 0.2) is 42.7 Å². The van der Waals surface area contributed by atoms with Crippen LogP contribution in [0.25, 0.3) is 0 Å². The molecule has 3 heterocycles. The van der Waals surface area contributed by atoms with Gasteiger partial charge in [0.25, 0.3) is 0 Å². The Labute approximate surface area is 161 Å². The minimum absolute atomic E-state index is 0.145. The van der Waals surface area contributed by atoms with Crippen LogP contribution < -0.4 is 9.64 Å². The summed E-state index contributed by atoms with van der Waals surface area (Å²) in [5.41, 5.74) is 1.29. The molecule has 26 heavy (non-hydrogen) atoms. The first-order chi connectivity index (χ1) is 12.8. The Morgan fingerprint density at radius 1 is 1.12 bits per heavy atom. The number of nitrogens with zero attached hydrogens (tertiary/aromatic N) is 3. The van der Waals surface area contributed by atoms with E-state index in [-0.39, 0.29) is 11.9 Å². The third-order valence-electron chi connectivity index (χ3n) is 4.58. The van der Waals surface area contributed by atoms with Crippen LogP contribution in [0.3, 0.4) is 0 Å². The Morgan fingerprint density at radius 3 is 2.58 bits per heavy atom. The third kappa shape index (κ3) is 4.15. The van der Waals surface area contributed by atoms with Crippen LogP contribution in [-0.2, 0) is 4.79 Å². The summed E-state index contributed by atoms with van der Waals surface area (Å²) in [6, 6.07) is 9.76. The first kappa shape index (κ1) is 17.7. The van der Waals surface area contributed by atoms with Crippen LogP contribution in [0.1, 0.15) is 23.0 Å². The van der Waals surface area contributed by atoms with Crippen LogP contribution in [0, 0.1) is 5.92 Å². The van der Waals surface area contributed by atoms with Crippen molar-refractivity contribution in [1.82, 2.24) is 9.97 Å². The molecule has 0 saturated carbocycles. The fourth-order valence-corrected chi connectivity index (χ4v) is 6.11. The molecule has 5 nitrogen and oxygen atoms in total. The predicted molar refractivity (Wildman–Crippen MR) is 107 cm³/mol. The van der Waals surface area contributed by atoms with Gasteiger partial charge in [-0.15, -0.1) is 23.5 Å². The van der Waals surface area contributed by atoms with Crippen molar-refractivity contribution in [2.75, 3.05) is 29.5 Å². The topological polar surface area (TPSA) is 55.3 Å². The molecule has 0 aliphatic carbocycles. The zero-order valence-electron chi connectivity index (χ0n) is 14.4. The minimum Gasteiger partial charge on any atom is -0.426 e. The molecule has 1 atom stereocenters. The highest BCUT2D eigenvalue weighted by Gasteiger charge is 2.28. The van der Waals surface area contributed by atoms with Crippen molar-refractivity contribution in [3.8, 4) is 5.75 Å². The number of anilines is 1. The number of aromatic nitrogens is 2. The average molecular weight is 388 g/mol. The zero-order chi connectivity index (χ0) is 17.8. The summed E-state index contributed by atoms with van der Waals surface area (Å²) in [6.07, 6.45) is 5.24. The van der Waals surface area contributed by atoms with Gasteiger partial charge in [-0.1, -0.05) is 12.1 Å². The molecule has 0 radical (unpaired) electrons. The van der Waals surface area contributed by atoms with E-state index >= 15 is 0 Å². The SMILES string of the molecule is O=C(Oc1ccc(C2SCCS2)cc1)[C@H]1CCCN(c2ncccn2)C1. The molecule has 1 aromatic heterocycles. The Hall–Kier alpha value is -1.73. The maximum absolute atomic E-state index is 12.6. The van der Waals surface area contributed by atoms with Gasteiger partial charge in [0, 0.05) is 37.0 Å². The molecule has 2 aliphatic rings. The smallest absolute Gasteiger partial charge is 0.316 e. The fraction of sp³-hybridized carbons (Fsp3) is 0.421. The molecule has 0 spiro atoms. The number of hydrogen-bond donors (Lipinski definition) is 0. The molecule has 0 N–H and O–H groups in total. The van der Waals surface area contributed by atoms with E-state index in [0.717, 1.165) is 19.4 Å². The van der Waals surface area contributed by atoms with Crippen molar-refractivity contribution in [2.45, 2.75) is 17.4 Å². The van der Waals surface area contributed by atoms with Gasteiger partial charge in [-0.3, -0.25) is 4.79 Å². The first-order valence-electron chi connectivity index (χ1n) is 8.86. The number of hydrogen-bond acceptors (Lipinski definition) is 7. The highest BCUT2D eigenvalue weighted by Crippen LogP contribution is 2.45. The lowest BCUT2D eigenvalue weighted by molar-refractivity contribution is -0.139. The lowest BCUT2D eigenvalue weighted by atomic mass is 9.98. The van der Waals surface area contributed by atoms with E-state index in [4.69, 9.17) is 4.74 Å². The second-order valence-corrected chi connectivity index (χ2v) is 9.12. The van der Waals surface area contributed by atoms with Crippen molar-refractivity contribution in [1.29, 1.82) is 0 Å². The van der Waals surface area contributed by atoms with Crippen molar-refractivity contribution in [3.63, 3.8) is 0 Å².